The first-order valence-electron chi connectivity index (χ1n) is 8.57. The second kappa shape index (κ2) is 6.72. The lowest BCUT2D eigenvalue weighted by atomic mass is 10.2. The standard InChI is InChI=1S/C17H22N4O4/c22-12-9-13(15(24)14(12)23)25-16-10-3-1-2-4-11(10)19-17(20-16)21-7-5-18-6-8-21/h1-4,12-15,18,22-24H,5-9H2/t12-,13+,14+,15-/m0/s1. The number of aliphatic hydroxyl groups excluding tert-OH is 3. The first kappa shape index (κ1) is 16.5. The van der Waals surface area contributed by atoms with Crippen molar-refractivity contribution in [2.45, 2.75) is 30.8 Å². The SMILES string of the molecule is O[C@@H]1[C@H](O)[C@@H](O)C[C@H]1Oc1nc(N2CCNCC2)nc2ccccc12. The normalized spacial score (nSPS) is 30.0. The Morgan fingerprint density at radius 3 is 2.52 bits per heavy atom. The van der Waals surface area contributed by atoms with Gasteiger partial charge in [-0.2, -0.15) is 4.98 Å². The molecule has 0 bridgehead atoms. The van der Waals surface area contributed by atoms with Gasteiger partial charge in [-0.15, -0.1) is 0 Å². The molecule has 8 heteroatoms. The van der Waals surface area contributed by atoms with Gasteiger partial charge >= 0.3 is 0 Å². The number of benzene rings is 1. The van der Waals surface area contributed by atoms with Crippen molar-refractivity contribution in [1.82, 2.24) is 15.3 Å². The number of piperazine rings is 1. The highest BCUT2D eigenvalue weighted by Crippen LogP contribution is 2.30. The molecule has 25 heavy (non-hydrogen) atoms. The fraction of sp³-hybridized carbons (Fsp3) is 0.529. The average Bonchev–Trinajstić information content (AvgIpc) is 2.89. The Kier molecular flexibility index (Phi) is 4.43. The van der Waals surface area contributed by atoms with Gasteiger partial charge in [-0.1, -0.05) is 12.1 Å². The number of nitrogens with zero attached hydrogens (tertiary/aromatic N) is 3. The monoisotopic (exact) mass is 346 g/mol. The fourth-order valence-corrected chi connectivity index (χ4v) is 3.36. The molecule has 4 rings (SSSR count). The summed E-state index contributed by atoms with van der Waals surface area (Å²) < 4.78 is 5.91. The lowest BCUT2D eigenvalue weighted by Crippen LogP contribution is -2.44. The van der Waals surface area contributed by atoms with E-state index >= 15 is 0 Å². The summed E-state index contributed by atoms with van der Waals surface area (Å²) in [5.74, 6) is 0.952. The summed E-state index contributed by atoms with van der Waals surface area (Å²) in [5.41, 5.74) is 0.759. The summed E-state index contributed by atoms with van der Waals surface area (Å²) in [4.78, 5) is 11.3. The van der Waals surface area contributed by atoms with Crippen LogP contribution in [-0.2, 0) is 0 Å². The molecule has 2 heterocycles. The van der Waals surface area contributed by atoms with Crippen molar-refractivity contribution < 1.29 is 20.1 Å². The second-order valence-corrected chi connectivity index (χ2v) is 6.52. The molecule has 1 saturated carbocycles. The number of aliphatic hydroxyl groups is 3. The van der Waals surface area contributed by atoms with E-state index < -0.39 is 24.4 Å². The van der Waals surface area contributed by atoms with Gasteiger partial charge in [-0.3, -0.25) is 0 Å². The van der Waals surface area contributed by atoms with Crippen molar-refractivity contribution in [3.8, 4) is 5.88 Å². The molecule has 0 radical (unpaired) electrons. The molecule has 1 aromatic heterocycles. The van der Waals surface area contributed by atoms with Crippen molar-refractivity contribution >= 4 is 16.9 Å². The summed E-state index contributed by atoms with van der Waals surface area (Å²) in [6, 6.07) is 7.53. The molecule has 0 amide bonds. The lowest BCUT2D eigenvalue weighted by molar-refractivity contribution is -0.0370. The quantitative estimate of drug-likeness (QED) is 0.576. The molecular weight excluding hydrogens is 324 g/mol. The van der Waals surface area contributed by atoms with Crippen LogP contribution in [0.25, 0.3) is 10.9 Å². The number of hydrogen-bond acceptors (Lipinski definition) is 8. The van der Waals surface area contributed by atoms with Gasteiger partial charge in [0.1, 0.15) is 18.3 Å². The summed E-state index contributed by atoms with van der Waals surface area (Å²) in [6.07, 6.45) is -3.90. The first-order chi connectivity index (χ1) is 12.1. The minimum absolute atomic E-state index is 0.156. The van der Waals surface area contributed by atoms with Crippen LogP contribution in [-0.4, -0.2) is 75.9 Å². The van der Waals surface area contributed by atoms with E-state index in [9.17, 15) is 15.3 Å². The van der Waals surface area contributed by atoms with Gasteiger partial charge in [0.2, 0.25) is 11.8 Å². The van der Waals surface area contributed by atoms with Gasteiger partial charge in [0.05, 0.1) is 17.0 Å². The maximum atomic E-state index is 10.1. The van der Waals surface area contributed by atoms with E-state index in [1.54, 1.807) is 0 Å². The predicted octanol–water partition coefficient (Wildman–Crippen LogP) is -0.727. The number of anilines is 1. The molecule has 2 fully saturated rings. The largest absolute Gasteiger partial charge is 0.471 e. The van der Waals surface area contributed by atoms with Crippen molar-refractivity contribution in [2.24, 2.45) is 0 Å². The summed E-state index contributed by atoms with van der Waals surface area (Å²) in [7, 11) is 0. The van der Waals surface area contributed by atoms with E-state index in [0.29, 0.717) is 11.8 Å². The highest BCUT2D eigenvalue weighted by Gasteiger charge is 2.42. The van der Waals surface area contributed by atoms with Crippen LogP contribution >= 0.6 is 0 Å². The Hall–Kier alpha value is -2.00. The van der Waals surface area contributed by atoms with Crippen molar-refractivity contribution in [3.63, 3.8) is 0 Å². The van der Waals surface area contributed by atoms with Crippen LogP contribution in [0.5, 0.6) is 5.88 Å². The highest BCUT2D eigenvalue weighted by molar-refractivity contribution is 5.84. The zero-order valence-corrected chi connectivity index (χ0v) is 13.7. The van der Waals surface area contributed by atoms with Crippen molar-refractivity contribution in [1.29, 1.82) is 0 Å². The molecule has 1 aliphatic carbocycles. The van der Waals surface area contributed by atoms with Gasteiger partial charge < -0.3 is 30.3 Å². The molecule has 4 N–H and O–H groups in total. The maximum Gasteiger partial charge on any atom is 0.229 e. The molecule has 0 spiro atoms. The van der Waals surface area contributed by atoms with Crippen molar-refractivity contribution in [3.05, 3.63) is 24.3 Å². The zero-order chi connectivity index (χ0) is 17.4. The van der Waals surface area contributed by atoms with Gasteiger partial charge in [-0.05, 0) is 12.1 Å². The van der Waals surface area contributed by atoms with Crippen LogP contribution < -0.4 is 15.0 Å². The van der Waals surface area contributed by atoms with E-state index in [2.05, 4.69) is 20.2 Å². The molecule has 4 atom stereocenters. The molecule has 2 aromatic rings. The first-order valence-corrected chi connectivity index (χ1v) is 8.57. The summed E-state index contributed by atoms with van der Waals surface area (Å²) >= 11 is 0. The molecule has 0 unspecified atom stereocenters. The van der Waals surface area contributed by atoms with E-state index in [0.717, 1.165) is 37.1 Å². The van der Waals surface area contributed by atoms with E-state index in [-0.39, 0.29) is 6.42 Å². The minimum Gasteiger partial charge on any atom is -0.471 e. The summed E-state index contributed by atoms with van der Waals surface area (Å²) in [5, 5.41) is 33.6. The molecule has 1 saturated heterocycles. The van der Waals surface area contributed by atoms with Gasteiger partial charge in [0.25, 0.3) is 0 Å². The van der Waals surface area contributed by atoms with Crippen LogP contribution in [0.1, 0.15) is 6.42 Å². The third-order valence-corrected chi connectivity index (χ3v) is 4.82. The molecule has 134 valence electrons. The van der Waals surface area contributed by atoms with E-state index in [1.165, 1.54) is 0 Å². The number of aromatic nitrogens is 2. The second-order valence-electron chi connectivity index (χ2n) is 6.52. The van der Waals surface area contributed by atoms with Crippen LogP contribution in [0.2, 0.25) is 0 Å². The van der Waals surface area contributed by atoms with Crippen LogP contribution in [0.4, 0.5) is 5.95 Å². The minimum atomic E-state index is -1.20. The smallest absolute Gasteiger partial charge is 0.229 e. The van der Waals surface area contributed by atoms with Crippen molar-refractivity contribution in [2.75, 3.05) is 31.1 Å². The number of ether oxygens (including phenoxy) is 1. The predicted molar refractivity (Wildman–Crippen MR) is 91.7 cm³/mol. The highest BCUT2D eigenvalue weighted by atomic mass is 16.5. The Morgan fingerprint density at radius 2 is 1.80 bits per heavy atom. The van der Waals surface area contributed by atoms with Crippen LogP contribution in [0, 0.1) is 0 Å². The maximum absolute atomic E-state index is 10.1. The average molecular weight is 346 g/mol. The molecule has 2 aliphatic rings. The molecule has 1 aromatic carbocycles. The number of para-hydroxylation sites is 1. The van der Waals surface area contributed by atoms with E-state index in [1.807, 2.05) is 24.3 Å². The van der Waals surface area contributed by atoms with Gasteiger partial charge in [0.15, 0.2) is 0 Å². The Morgan fingerprint density at radius 1 is 1.04 bits per heavy atom. The Bertz CT molecular complexity index is 753. The Labute approximate surface area is 145 Å². The number of rotatable bonds is 3. The molecule has 8 nitrogen and oxygen atoms in total. The van der Waals surface area contributed by atoms with E-state index in [4.69, 9.17) is 4.74 Å². The van der Waals surface area contributed by atoms with Crippen LogP contribution in [0.3, 0.4) is 0 Å². The Balaban J connectivity index is 1.69. The zero-order valence-electron chi connectivity index (χ0n) is 13.7. The van der Waals surface area contributed by atoms with Crippen LogP contribution in [0.15, 0.2) is 24.3 Å². The molecular formula is C17H22N4O4. The third-order valence-electron chi connectivity index (χ3n) is 4.82. The third kappa shape index (κ3) is 3.13. The van der Waals surface area contributed by atoms with Gasteiger partial charge in [0, 0.05) is 32.6 Å². The number of fused-ring (bicyclic) bond motifs is 1. The molecule has 1 aliphatic heterocycles. The number of hydrogen-bond donors (Lipinski definition) is 4. The lowest BCUT2D eigenvalue weighted by Gasteiger charge is -2.28. The number of nitrogens with one attached hydrogen (secondary N) is 1. The topological polar surface area (TPSA) is 111 Å². The summed E-state index contributed by atoms with van der Waals surface area (Å²) in [6.45, 7) is 3.35. The fourth-order valence-electron chi connectivity index (χ4n) is 3.36. The van der Waals surface area contributed by atoms with Gasteiger partial charge in [-0.25, -0.2) is 4.98 Å².